The molecule has 1 fully saturated rings. The number of carbonyl (C=O) groups is 2. The number of ether oxygens (including phenoxy) is 4. The largest absolute Gasteiger partial charge is 0.467 e. The van der Waals surface area contributed by atoms with E-state index in [0.29, 0.717) is 0 Å². The van der Waals surface area contributed by atoms with Gasteiger partial charge in [-0.2, -0.15) is 0 Å². The number of aliphatic hydroxyl groups excluding tert-OH is 3. The van der Waals surface area contributed by atoms with E-state index in [4.69, 9.17) is 23.4 Å². The maximum atomic E-state index is 12.2. The zero-order valence-electron chi connectivity index (χ0n) is 21.7. The quantitative estimate of drug-likeness (QED) is 0.258. The van der Waals surface area contributed by atoms with Gasteiger partial charge in [-0.15, -0.1) is 0 Å². The van der Waals surface area contributed by atoms with Crippen LogP contribution in [0.1, 0.15) is 26.3 Å². The van der Waals surface area contributed by atoms with Crippen LogP contribution in [0, 0.1) is 0 Å². The molecule has 1 aliphatic heterocycles. The Morgan fingerprint density at radius 3 is 2.31 bits per heavy atom. The van der Waals surface area contributed by atoms with Gasteiger partial charge >= 0.3 is 12.1 Å². The van der Waals surface area contributed by atoms with Crippen LogP contribution in [-0.2, 0) is 34.8 Å². The van der Waals surface area contributed by atoms with Gasteiger partial charge < -0.3 is 44.0 Å². The summed E-state index contributed by atoms with van der Waals surface area (Å²) in [6.45, 7) is 9.77. The van der Waals surface area contributed by atoms with Crippen LogP contribution in [0.4, 0.5) is 4.79 Å². The SMILES string of the molecule is COC(=O)[C@H](CO[C@@H]1O[C@@H](CO[Si](C)(C)C(C)(C)C)[C@H](O)[C@@H](O)[C@H]1O)NC(=O)OCc1ccccc1. The first kappa shape index (κ1) is 30.2. The molecule has 0 saturated carbocycles. The zero-order chi connectivity index (χ0) is 27.1. The Morgan fingerprint density at radius 2 is 1.72 bits per heavy atom. The van der Waals surface area contributed by atoms with Crippen molar-refractivity contribution in [3.8, 4) is 0 Å². The molecule has 0 unspecified atom stereocenters. The monoisotopic (exact) mass is 529 g/mol. The second-order valence-electron chi connectivity index (χ2n) is 10.2. The fraction of sp³-hybridized carbons (Fsp3) is 0.667. The molecule has 0 bridgehead atoms. The summed E-state index contributed by atoms with van der Waals surface area (Å²) < 4.78 is 27.1. The Bertz CT molecular complexity index is 847. The summed E-state index contributed by atoms with van der Waals surface area (Å²) in [5.74, 6) is -0.810. The molecule has 1 aromatic carbocycles. The van der Waals surface area contributed by atoms with Crippen molar-refractivity contribution in [1.82, 2.24) is 5.32 Å². The highest BCUT2D eigenvalue weighted by atomic mass is 28.4. The Kier molecular flexibility index (Phi) is 10.8. The standard InChI is InChI=1S/C24H39NO10Si/c1-24(2,3)36(5,6)34-14-17-18(26)19(27)20(28)22(35-17)32-13-16(21(29)31-4)25-23(30)33-12-15-10-8-7-9-11-15/h7-11,16-20,22,26-28H,12-14H2,1-6H3,(H,25,30)/t16-,17-,18-,19+,20+,22+/m0/s1. The molecule has 36 heavy (non-hydrogen) atoms. The van der Waals surface area contributed by atoms with Gasteiger partial charge in [0.1, 0.15) is 31.0 Å². The summed E-state index contributed by atoms with van der Waals surface area (Å²) in [6, 6.07) is 7.71. The first-order chi connectivity index (χ1) is 16.8. The summed E-state index contributed by atoms with van der Waals surface area (Å²) in [6.07, 6.45) is -7.84. The van der Waals surface area contributed by atoms with Gasteiger partial charge in [-0.1, -0.05) is 51.1 Å². The van der Waals surface area contributed by atoms with Crippen molar-refractivity contribution < 1.29 is 48.3 Å². The van der Waals surface area contributed by atoms with E-state index in [1.54, 1.807) is 24.3 Å². The lowest BCUT2D eigenvalue weighted by molar-refractivity contribution is -0.301. The first-order valence-corrected chi connectivity index (χ1v) is 14.7. The number of amides is 1. The lowest BCUT2D eigenvalue weighted by Gasteiger charge is -2.43. The molecule has 4 N–H and O–H groups in total. The number of nitrogens with one attached hydrogen (secondary N) is 1. The number of carbonyl (C=O) groups excluding carboxylic acids is 2. The molecular formula is C24H39NO10Si. The summed E-state index contributed by atoms with van der Waals surface area (Å²) in [4.78, 5) is 24.4. The van der Waals surface area contributed by atoms with Crippen LogP contribution in [0.5, 0.6) is 0 Å². The summed E-state index contributed by atoms with van der Waals surface area (Å²) in [7, 11) is -1.04. The Hall–Kier alpha value is -2.06. The molecule has 1 saturated heterocycles. The van der Waals surface area contributed by atoms with Gasteiger partial charge in [0.05, 0.1) is 20.3 Å². The van der Waals surface area contributed by atoms with E-state index in [1.807, 2.05) is 19.2 Å². The second kappa shape index (κ2) is 12.9. The molecule has 1 amide bonds. The third-order valence-electron chi connectivity index (χ3n) is 6.50. The number of benzene rings is 1. The van der Waals surface area contributed by atoms with Gasteiger partial charge in [0.25, 0.3) is 0 Å². The van der Waals surface area contributed by atoms with Gasteiger partial charge in [0.15, 0.2) is 20.6 Å². The molecule has 1 heterocycles. The van der Waals surface area contributed by atoms with Crippen molar-refractivity contribution in [2.45, 2.75) is 82.3 Å². The highest BCUT2D eigenvalue weighted by molar-refractivity contribution is 6.74. The van der Waals surface area contributed by atoms with Crippen molar-refractivity contribution in [2.75, 3.05) is 20.3 Å². The minimum Gasteiger partial charge on any atom is -0.467 e. The van der Waals surface area contributed by atoms with Gasteiger partial charge in [-0.25, -0.2) is 9.59 Å². The number of hydrogen-bond acceptors (Lipinski definition) is 10. The topological polar surface area (TPSA) is 153 Å². The number of rotatable bonds is 10. The van der Waals surface area contributed by atoms with E-state index in [1.165, 1.54) is 0 Å². The number of esters is 1. The summed E-state index contributed by atoms with van der Waals surface area (Å²) >= 11 is 0. The van der Waals surface area contributed by atoms with E-state index < -0.39 is 63.7 Å². The molecule has 2 rings (SSSR count). The molecule has 204 valence electrons. The lowest BCUT2D eigenvalue weighted by Crippen LogP contribution is -2.60. The fourth-order valence-corrected chi connectivity index (χ4v) is 4.12. The van der Waals surface area contributed by atoms with Crippen LogP contribution in [0.25, 0.3) is 0 Å². The van der Waals surface area contributed by atoms with Gasteiger partial charge in [-0.3, -0.25) is 0 Å². The van der Waals surface area contributed by atoms with Crippen molar-refractivity contribution in [2.24, 2.45) is 0 Å². The Morgan fingerprint density at radius 1 is 1.08 bits per heavy atom. The van der Waals surface area contributed by atoms with E-state index in [0.717, 1.165) is 12.7 Å². The molecule has 0 spiro atoms. The van der Waals surface area contributed by atoms with E-state index in [-0.39, 0.29) is 18.3 Å². The molecular weight excluding hydrogens is 490 g/mol. The molecule has 6 atom stereocenters. The third-order valence-corrected chi connectivity index (χ3v) is 11.0. The summed E-state index contributed by atoms with van der Waals surface area (Å²) in [5.41, 5.74) is 0.760. The highest BCUT2D eigenvalue weighted by Crippen LogP contribution is 2.37. The number of methoxy groups -OCH3 is 1. The zero-order valence-corrected chi connectivity index (χ0v) is 22.7. The molecule has 0 radical (unpaired) electrons. The molecule has 0 aliphatic carbocycles. The van der Waals surface area contributed by atoms with Crippen LogP contribution in [0.15, 0.2) is 30.3 Å². The van der Waals surface area contributed by atoms with Crippen molar-refractivity contribution in [1.29, 1.82) is 0 Å². The van der Waals surface area contributed by atoms with Gasteiger partial charge in [-0.05, 0) is 23.7 Å². The second-order valence-corrected chi connectivity index (χ2v) is 15.0. The Balaban J connectivity index is 1.98. The molecule has 12 heteroatoms. The maximum absolute atomic E-state index is 12.2. The number of hydrogen-bond donors (Lipinski definition) is 4. The Labute approximate surface area is 212 Å². The predicted octanol–water partition coefficient (Wildman–Crippen LogP) is 1.30. The third kappa shape index (κ3) is 8.23. The van der Waals surface area contributed by atoms with Gasteiger partial charge in [0, 0.05) is 0 Å². The first-order valence-electron chi connectivity index (χ1n) is 11.8. The van der Waals surface area contributed by atoms with Crippen molar-refractivity contribution >= 4 is 20.4 Å². The van der Waals surface area contributed by atoms with Crippen LogP contribution in [-0.4, -0.2) is 92.8 Å². The fourth-order valence-electron chi connectivity index (χ4n) is 3.11. The molecule has 11 nitrogen and oxygen atoms in total. The molecule has 1 aliphatic rings. The van der Waals surface area contributed by atoms with Crippen molar-refractivity contribution in [3.05, 3.63) is 35.9 Å². The van der Waals surface area contributed by atoms with E-state index in [9.17, 15) is 24.9 Å². The predicted molar refractivity (Wildman–Crippen MR) is 131 cm³/mol. The average Bonchev–Trinajstić information content (AvgIpc) is 2.83. The molecule has 1 aromatic rings. The smallest absolute Gasteiger partial charge is 0.408 e. The molecule has 0 aromatic heterocycles. The van der Waals surface area contributed by atoms with Crippen LogP contribution < -0.4 is 5.32 Å². The summed E-state index contributed by atoms with van der Waals surface area (Å²) in [5, 5.41) is 33.4. The number of alkyl carbamates (subject to hydrolysis) is 1. The lowest BCUT2D eigenvalue weighted by atomic mass is 9.99. The minimum atomic E-state index is -2.19. The van der Waals surface area contributed by atoms with Crippen LogP contribution in [0.2, 0.25) is 18.1 Å². The van der Waals surface area contributed by atoms with Gasteiger partial charge in [0.2, 0.25) is 0 Å². The van der Waals surface area contributed by atoms with E-state index in [2.05, 4.69) is 26.1 Å². The highest BCUT2D eigenvalue weighted by Gasteiger charge is 2.46. The van der Waals surface area contributed by atoms with E-state index >= 15 is 0 Å². The van der Waals surface area contributed by atoms with Crippen LogP contribution in [0.3, 0.4) is 0 Å². The van der Waals surface area contributed by atoms with Crippen molar-refractivity contribution in [3.63, 3.8) is 0 Å². The normalized spacial score (nSPS) is 25.6. The maximum Gasteiger partial charge on any atom is 0.408 e. The number of aliphatic hydroxyl groups is 3. The van der Waals surface area contributed by atoms with Crippen LogP contribution >= 0.6 is 0 Å². The average molecular weight is 530 g/mol. The minimum absolute atomic E-state index is 0.00807.